The molecular formula is C20H24F4N2O. The Kier molecular flexibility index (Phi) is 4.69. The van der Waals surface area contributed by atoms with Crippen LogP contribution in [0.3, 0.4) is 0 Å². The fourth-order valence-corrected chi connectivity index (χ4v) is 4.80. The van der Waals surface area contributed by atoms with E-state index in [0.29, 0.717) is 32.1 Å². The standard InChI is InChI=1S/C20H24F4N2O/c21-16-4-1-3-14(18(16)20(22,23)24)11-25-10-2-8-19(12-25)9-7-17(27)26(13-19)15-5-6-15/h1,3-4,15H,2,5-13H2/t19-/m0/s1. The van der Waals surface area contributed by atoms with Crippen LogP contribution in [0.4, 0.5) is 17.6 Å². The average molecular weight is 384 g/mol. The summed E-state index contributed by atoms with van der Waals surface area (Å²) in [5, 5.41) is 0. The first kappa shape index (κ1) is 18.7. The highest BCUT2D eigenvalue weighted by molar-refractivity contribution is 5.78. The lowest BCUT2D eigenvalue weighted by Gasteiger charge is -2.48. The summed E-state index contributed by atoms with van der Waals surface area (Å²) < 4.78 is 53.8. The topological polar surface area (TPSA) is 23.6 Å². The van der Waals surface area contributed by atoms with E-state index in [1.807, 2.05) is 9.80 Å². The Morgan fingerprint density at radius 1 is 1.15 bits per heavy atom. The Hall–Kier alpha value is -1.63. The third-order valence-corrected chi connectivity index (χ3v) is 6.20. The summed E-state index contributed by atoms with van der Waals surface area (Å²) in [4.78, 5) is 16.2. The van der Waals surface area contributed by atoms with E-state index < -0.39 is 17.6 Å². The summed E-state index contributed by atoms with van der Waals surface area (Å²) in [5.41, 5.74) is -1.20. The highest BCUT2D eigenvalue weighted by Gasteiger charge is 2.46. The Bertz CT molecular complexity index is 731. The van der Waals surface area contributed by atoms with Crippen LogP contribution < -0.4 is 0 Å². The third kappa shape index (κ3) is 3.84. The van der Waals surface area contributed by atoms with Gasteiger partial charge in [0.1, 0.15) is 5.82 Å². The molecule has 1 aromatic carbocycles. The summed E-state index contributed by atoms with van der Waals surface area (Å²) in [7, 11) is 0. The number of alkyl halides is 3. The van der Waals surface area contributed by atoms with Gasteiger partial charge in [0.15, 0.2) is 0 Å². The Morgan fingerprint density at radius 3 is 2.63 bits per heavy atom. The van der Waals surface area contributed by atoms with Gasteiger partial charge in [-0.1, -0.05) is 12.1 Å². The number of rotatable bonds is 3. The fraction of sp³-hybridized carbons (Fsp3) is 0.650. The van der Waals surface area contributed by atoms with Gasteiger partial charge in [0, 0.05) is 37.5 Å². The minimum absolute atomic E-state index is 0.00881. The van der Waals surface area contributed by atoms with Crippen molar-refractivity contribution in [1.82, 2.24) is 9.80 Å². The number of halogens is 4. The normalized spacial score (nSPS) is 27.4. The van der Waals surface area contributed by atoms with Crippen molar-refractivity contribution in [3.05, 3.63) is 35.1 Å². The molecular weight excluding hydrogens is 360 g/mol. The molecule has 1 aliphatic carbocycles. The molecule has 2 saturated heterocycles. The van der Waals surface area contributed by atoms with Crippen molar-refractivity contribution in [2.45, 2.75) is 57.3 Å². The molecule has 3 aliphatic rings. The molecule has 1 aromatic rings. The maximum absolute atomic E-state index is 13.9. The molecule has 27 heavy (non-hydrogen) atoms. The van der Waals surface area contributed by atoms with Crippen molar-refractivity contribution in [3.63, 3.8) is 0 Å². The fourth-order valence-electron chi connectivity index (χ4n) is 4.80. The smallest absolute Gasteiger partial charge is 0.339 e. The number of likely N-dealkylation sites (tertiary alicyclic amines) is 2. The lowest BCUT2D eigenvalue weighted by atomic mass is 9.73. The Labute approximate surface area is 156 Å². The van der Waals surface area contributed by atoms with E-state index in [2.05, 4.69) is 0 Å². The van der Waals surface area contributed by atoms with Crippen LogP contribution >= 0.6 is 0 Å². The lowest BCUT2D eigenvalue weighted by molar-refractivity contribution is -0.142. The van der Waals surface area contributed by atoms with Crippen molar-refractivity contribution in [1.29, 1.82) is 0 Å². The van der Waals surface area contributed by atoms with Gasteiger partial charge < -0.3 is 4.90 Å². The monoisotopic (exact) mass is 384 g/mol. The summed E-state index contributed by atoms with van der Waals surface area (Å²) in [6.45, 7) is 2.16. The molecule has 148 valence electrons. The molecule has 2 aliphatic heterocycles. The maximum Gasteiger partial charge on any atom is 0.419 e. The third-order valence-electron chi connectivity index (χ3n) is 6.20. The maximum atomic E-state index is 13.9. The number of carbonyl (C=O) groups is 1. The molecule has 7 heteroatoms. The highest BCUT2D eigenvalue weighted by atomic mass is 19.4. The molecule has 1 amide bonds. The van der Waals surface area contributed by atoms with Gasteiger partial charge in [0.2, 0.25) is 5.91 Å². The first-order valence-electron chi connectivity index (χ1n) is 9.64. The van der Waals surface area contributed by atoms with Gasteiger partial charge in [-0.05, 0) is 50.3 Å². The largest absolute Gasteiger partial charge is 0.419 e. The average Bonchev–Trinajstić information content (AvgIpc) is 3.41. The summed E-state index contributed by atoms with van der Waals surface area (Å²) in [6.07, 6.45) is 0.624. The van der Waals surface area contributed by atoms with Crippen LogP contribution in [0.5, 0.6) is 0 Å². The summed E-state index contributed by atoms with van der Waals surface area (Å²) >= 11 is 0. The van der Waals surface area contributed by atoms with Gasteiger partial charge in [-0.2, -0.15) is 13.2 Å². The first-order chi connectivity index (χ1) is 12.8. The Morgan fingerprint density at radius 2 is 1.93 bits per heavy atom. The number of piperidine rings is 2. The van der Waals surface area contributed by atoms with Crippen LogP contribution in [0.1, 0.15) is 49.7 Å². The van der Waals surface area contributed by atoms with Crippen molar-refractivity contribution in [2.75, 3.05) is 19.6 Å². The second-order valence-corrected chi connectivity index (χ2v) is 8.34. The van der Waals surface area contributed by atoms with Crippen LogP contribution in [-0.2, 0) is 17.5 Å². The van der Waals surface area contributed by atoms with Crippen LogP contribution in [0, 0.1) is 11.2 Å². The van der Waals surface area contributed by atoms with Gasteiger partial charge in [0.25, 0.3) is 0 Å². The van der Waals surface area contributed by atoms with E-state index >= 15 is 0 Å². The zero-order valence-electron chi connectivity index (χ0n) is 15.2. The van der Waals surface area contributed by atoms with Crippen LogP contribution in [0.25, 0.3) is 0 Å². The molecule has 3 nitrogen and oxygen atoms in total. The quantitative estimate of drug-likeness (QED) is 0.729. The van der Waals surface area contributed by atoms with Crippen LogP contribution in [-0.4, -0.2) is 41.4 Å². The van der Waals surface area contributed by atoms with E-state index in [9.17, 15) is 22.4 Å². The van der Waals surface area contributed by atoms with Crippen LogP contribution in [0.15, 0.2) is 18.2 Å². The van der Waals surface area contributed by atoms with Crippen molar-refractivity contribution >= 4 is 5.91 Å². The molecule has 0 N–H and O–H groups in total. The second kappa shape index (κ2) is 6.76. The highest BCUT2D eigenvalue weighted by Crippen LogP contribution is 2.43. The number of hydrogen-bond acceptors (Lipinski definition) is 2. The molecule has 1 spiro atoms. The zero-order valence-corrected chi connectivity index (χ0v) is 15.2. The number of carbonyl (C=O) groups excluding carboxylic acids is 1. The first-order valence-corrected chi connectivity index (χ1v) is 9.64. The number of benzene rings is 1. The molecule has 0 aromatic heterocycles. The van der Waals surface area contributed by atoms with E-state index in [-0.39, 0.29) is 23.4 Å². The number of amides is 1. The van der Waals surface area contributed by atoms with Gasteiger partial charge in [-0.25, -0.2) is 4.39 Å². The minimum Gasteiger partial charge on any atom is -0.339 e. The van der Waals surface area contributed by atoms with Crippen molar-refractivity contribution in [3.8, 4) is 0 Å². The van der Waals surface area contributed by atoms with Crippen molar-refractivity contribution in [2.24, 2.45) is 5.41 Å². The summed E-state index contributed by atoms with van der Waals surface area (Å²) in [5.74, 6) is -1.00. The predicted octanol–water partition coefficient (Wildman–Crippen LogP) is 4.21. The van der Waals surface area contributed by atoms with E-state index in [4.69, 9.17) is 0 Å². The van der Waals surface area contributed by atoms with E-state index in [1.165, 1.54) is 12.1 Å². The molecule has 1 saturated carbocycles. The van der Waals surface area contributed by atoms with E-state index in [1.54, 1.807) is 0 Å². The number of nitrogens with zero attached hydrogens (tertiary/aromatic N) is 2. The molecule has 1 atom stereocenters. The van der Waals surface area contributed by atoms with Gasteiger partial charge in [0.05, 0.1) is 5.56 Å². The Balaban J connectivity index is 1.51. The number of hydrogen-bond donors (Lipinski definition) is 0. The van der Waals surface area contributed by atoms with Gasteiger partial charge >= 0.3 is 6.18 Å². The summed E-state index contributed by atoms with van der Waals surface area (Å²) in [6, 6.07) is 3.94. The molecule has 3 fully saturated rings. The molecule has 2 heterocycles. The SMILES string of the molecule is O=C1CC[C@]2(CCCN(Cc3cccc(F)c3C(F)(F)F)C2)CN1C1CC1. The molecule has 0 unspecified atom stereocenters. The van der Waals surface area contributed by atoms with Gasteiger partial charge in [-0.15, -0.1) is 0 Å². The minimum atomic E-state index is -4.70. The molecule has 0 radical (unpaired) electrons. The lowest BCUT2D eigenvalue weighted by Crippen LogP contribution is -2.54. The van der Waals surface area contributed by atoms with Crippen molar-refractivity contribution < 1.29 is 22.4 Å². The van der Waals surface area contributed by atoms with Gasteiger partial charge in [-0.3, -0.25) is 9.69 Å². The zero-order chi connectivity index (χ0) is 19.2. The second-order valence-electron chi connectivity index (χ2n) is 8.34. The molecule has 0 bridgehead atoms. The van der Waals surface area contributed by atoms with Crippen LogP contribution in [0.2, 0.25) is 0 Å². The predicted molar refractivity (Wildman–Crippen MR) is 92.3 cm³/mol. The van der Waals surface area contributed by atoms with E-state index in [0.717, 1.165) is 38.2 Å². The molecule has 4 rings (SSSR count).